The maximum Gasteiger partial charge on any atom is 0.305 e. The zero-order valence-electron chi connectivity index (χ0n) is 15.3. The number of carboxylic acids is 1. The van der Waals surface area contributed by atoms with Crippen molar-refractivity contribution >= 4 is 23.6 Å². The van der Waals surface area contributed by atoms with Crippen LogP contribution in [0, 0.1) is 5.92 Å². The molecule has 5 nitrogen and oxygen atoms in total. The third kappa shape index (κ3) is 4.83. The van der Waals surface area contributed by atoms with E-state index in [-0.39, 0.29) is 24.2 Å². The number of methoxy groups -OCH3 is 1. The number of thioether (sulfide) groups is 1. The van der Waals surface area contributed by atoms with E-state index in [4.69, 9.17) is 4.74 Å². The Hall–Kier alpha value is -2.47. The lowest BCUT2D eigenvalue weighted by Gasteiger charge is -2.18. The molecule has 1 aliphatic rings. The Morgan fingerprint density at radius 3 is 2.63 bits per heavy atom. The van der Waals surface area contributed by atoms with Crippen LogP contribution in [0.5, 0.6) is 5.75 Å². The van der Waals surface area contributed by atoms with Crippen LogP contribution in [0.4, 0.5) is 0 Å². The van der Waals surface area contributed by atoms with Gasteiger partial charge in [-0.05, 0) is 54.0 Å². The van der Waals surface area contributed by atoms with Crippen LogP contribution in [-0.2, 0) is 9.59 Å². The second-order valence-electron chi connectivity index (χ2n) is 6.66. The second-order valence-corrected chi connectivity index (χ2v) is 7.54. The maximum atomic E-state index is 12.7. The molecule has 3 rings (SSSR count). The molecule has 2 aromatic rings. The fourth-order valence-electron chi connectivity index (χ4n) is 3.27. The van der Waals surface area contributed by atoms with Gasteiger partial charge in [0.25, 0.3) is 0 Å². The molecule has 0 radical (unpaired) electrons. The Balaban J connectivity index is 1.68. The average molecular weight is 385 g/mol. The molecular weight excluding hydrogens is 362 g/mol. The van der Waals surface area contributed by atoms with E-state index in [1.807, 2.05) is 54.8 Å². The molecular formula is C21H23NO4S. The number of hydrogen-bond acceptors (Lipinski definition) is 4. The van der Waals surface area contributed by atoms with E-state index < -0.39 is 12.0 Å². The summed E-state index contributed by atoms with van der Waals surface area (Å²) >= 11 is 1.62. The molecule has 2 aromatic carbocycles. The molecule has 3 atom stereocenters. The Bertz CT molecular complexity index is 821. The molecule has 0 heterocycles. The molecule has 0 saturated heterocycles. The first-order valence-corrected chi connectivity index (χ1v) is 10.0. The molecule has 1 saturated carbocycles. The Kier molecular flexibility index (Phi) is 6.06. The molecule has 1 amide bonds. The minimum atomic E-state index is -0.936. The highest BCUT2D eigenvalue weighted by atomic mass is 32.2. The fourth-order valence-corrected chi connectivity index (χ4v) is 3.68. The first-order valence-electron chi connectivity index (χ1n) is 8.82. The highest BCUT2D eigenvalue weighted by Gasteiger charge is 2.44. The van der Waals surface area contributed by atoms with Crippen LogP contribution in [0.1, 0.15) is 35.9 Å². The van der Waals surface area contributed by atoms with Crippen molar-refractivity contribution in [1.82, 2.24) is 5.32 Å². The zero-order chi connectivity index (χ0) is 19.4. The minimum absolute atomic E-state index is 0.0944. The monoisotopic (exact) mass is 385 g/mol. The third-order valence-electron chi connectivity index (χ3n) is 4.86. The van der Waals surface area contributed by atoms with Gasteiger partial charge in [0, 0.05) is 10.8 Å². The van der Waals surface area contributed by atoms with E-state index in [2.05, 4.69) is 5.32 Å². The molecule has 3 unspecified atom stereocenters. The van der Waals surface area contributed by atoms with Crippen LogP contribution in [-0.4, -0.2) is 30.3 Å². The standard InChI is InChI=1S/C21H23NO4S/c1-26-15-5-3-4-14(10-15)17-11-18(17)21(25)22-19(12-20(23)24)13-6-8-16(27-2)9-7-13/h3-10,17-19H,11-12H2,1-2H3,(H,22,25)(H,23,24). The predicted molar refractivity (Wildman–Crippen MR) is 105 cm³/mol. The number of aliphatic carboxylic acids is 1. The smallest absolute Gasteiger partial charge is 0.305 e. The minimum Gasteiger partial charge on any atom is -0.497 e. The number of carbonyl (C=O) groups excluding carboxylic acids is 1. The van der Waals surface area contributed by atoms with Crippen LogP contribution in [0.25, 0.3) is 0 Å². The summed E-state index contributed by atoms with van der Waals surface area (Å²) in [5.74, 6) is -0.225. The lowest BCUT2D eigenvalue weighted by molar-refractivity contribution is -0.137. The first kappa shape index (κ1) is 19.3. The molecule has 0 spiro atoms. The van der Waals surface area contributed by atoms with E-state index in [0.29, 0.717) is 0 Å². The van der Waals surface area contributed by atoms with Crippen molar-refractivity contribution in [3.05, 3.63) is 59.7 Å². The largest absolute Gasteiger partial charge is 0.497 e. The van der Waals surface area contributed by atoms with Crippen LogP contribution < -0.4 is 10.1 Å². The third-order valence-corrected chi connectivity index (χ3v) is 5.61. The summed E-state index contributed by atoms with van der Waals surface area (Å²) in [5.41, 5.74) is 1.88. The van der Waals surface area contributed by atoms with Gasteiger partial charge < -0.3 is 15.2 Å². The number of hydrogen-bond donors (Lipinski definition) is 2. The predicted octanol–water partition coefficient (Wildman–Crippen LogP) is 3.85. The van der Waals surface area contributed by atoms with Crippen molar-refractivity contribution < 1.29 is 19.4 Å². The lowest BCUT2D eigenvalue weighted by atomic mass is 10.0. The van der Waals surface area contributed by atoms with Gasteiger partial charge in [0.1, 0.15) is 5.75 Å². The van der Waals surface area contributed by atoms with Crippen molar-refractivity contribution in [2.75, 3.05) is 13.4 Å². The maximum absolute atomic E-state index is 12.7. The van der Waals surface area contributed by atoms with Gasteiger partial charge in [-0.1, -0.05) is 24.3 Å². The first-order chi connectivity index (χ1) is 13.0. The number of benzene rings is 2. The quantitative estimate of drug-likeness (QED) is 0.675. The van der Waals surface area contributed by atoms with Gasteiger partial charge in [0.2, 0.25) is 5.91 Å². The average Bonchev–Trinajstić information content (AvgIpc) is 3.48. The van der Waals surface area contributed by atoms with Gasteiger partial charge in [0.05, 0.1) is 19.6 Å². The normalized spacial score (nSPS) is 19.2. The van der Waals surface area contributed by atoms with Crippen LogP contribution in [0.3, 0.4) is 0 Å². The summed E-state index contributed by atoms with van der Waals surface area (Å²) in [7, 11) is 1.62. The highest BCUT2D eigenvalue weighted by Crippen LogP contribution is 2.48. The van der Waals surface area contributed by atoms with E-state index in [1.165, 1.54) is 0 Å². The Labute approximate surface area is 163 Å². The van der Waals surface area contributed by atoms with E-state index in [9.17, 15) is 14.7 Å². The topological polar surface area (TPSA) is 75.6 Å². The lowest BCUT2D eigenvalue weighted by Crippen LogP contribution is -2.31. The van der Waals surface area contributed by atoms with Gasteiger partial charge in [0.15, 0.2) is 0 Å². The van der Waals surface area contributed by atoms with Gasteiger partial charge in [-0.25, -0.2) is 0 Å². The van der Waals surface area contributed by atoms with E-state index in [1.54, 1.807) is 18.9 Å². The SMILES string of the molecule is COc1cccc(C2CC2C(=O)NC(CC(=O)O)c2ccc(SC)cc2)c1. The summed E-state index contributed by atoms with van der Waals surface area (Å²) in [6, 6.07) is 14.9. The van der Waals surface area contributed by atoms with Gasteiger partial charge in [-0.3, -0.25) is 9.59 Å². The van der Waals surface area contributed by atoms with Gasteiger partial charge in [-0.15, -0.1) is 11.8 Å². The number of carbonyl (C=O) groups is 2. The Morgan fingerprint density at radius 1 is 1.26 bits per heavy atom. The number of carboxylic acid groups (broad SMARTS) is 1. The number of rotatable bonds is 8. The molecule has 0 bridgehead atoms. The van der Waals surface area contributed by atoms with Gasteiger partial charge >= 0.3 is 5.97 Å². The van der Waals surface area contributed by atoms with Crippen molar-refractivity contribution in [3.63, 3.8) is 0 Å². The number of nitrogens with one attached hydrogen (secondary N) is 1. The van der Waals surface area contributed by atoms with E-state index >= 15 is 0 Å². The van der Waals surface area contributed by atoms with Crippen LogP contribution in [0.15, 0.2) is 53.4 Å². The molecule has 6 heteroatoms. The van der Waals surface area contributed by atoms with Crippen molar-refractivity contribution in [1.29, 1.82) is 0 Å². The highest BCUT2D eigenvalue weighted by molar-refractivity contribution is 7.98. The van der Waals surface area contributed by atoms with E-state index in [0.717, 1.165) is 28.2 Å². The molecule has 142 valence electrons. The van der Waals surface area contributed by atoms with Crippen molar-refractivity contribution in [3.8, 4) is 5.75 Å². The van der Waals surface area contributed by atoms with Crippen LogP contribution in [0.2, 0.25) is 0 Å². The summed E-state index contributed by atoms with van der Waals surface area (Å²) in [5, 5.41) is 12.2. The molecule has 1 aliphatic carbocycles. The molecule has 0 aliphatic heterocycles. The second kappa shape index (κ2) is 8.48. The summed E-state index contributed by atoms with van der Waals surface area (Å²) in [6.07, 6.45) is 2.61. The van der Waals surface area contributed by atoms with Crippen molar-refractivity contribution in [2.45, 2.75) is 29.7 Å². The van der Waals surface area contributed by atoms with Crippen LogP contribution >= 0.6 is 11.8 Å². The Morgan fingerprint density at radius 2 is 2.00 bits per heavy atom. The number of amides is 1. The summed E-state index contributed by atoms with van der Waals surface area (Å²) < 4.78 is 5.25. The molecule has 1 fully saturated rings. The molecule has 27 heavy (non-hydrogen) atoms. The summed E-state index contributed by atoms with van der Waals surface area (Å²) in [4.78, 5) is 25.0. The van der Waals surface area contributed by atoms with Gasteiger partial charge in [-0.2, -0.15) is 0 Å². The number of ether oxygens (including phenoxy) is 1. The van der Waals surface area contributed by atoms with Crippen molar-refractivity contribution in [2.24, 2.45) is 5.92 Å². The fraction of sp³-hybridized carbons (Fsp3) is 0.333. The zero-order valence-corrected chi connectivity index (χ0v) is 16.2. The molecule has 0 aromatic heterocycles. The summed E-state index contributed by atoms with van der Waals surface area (Å²) in [6.45, 7) is 0. The molecule has 2 N–H and O–H groups in total.